The number of carbonyl (C=O) groups excluding carboxylic acids is 1. The number of rotatable bonds is 5. The summed E-state index contributed by atoms with van der Waals surface area (Å²) in [6.45, 7) is 5.50. The van der Waals surface area contributed by atoms with Crippen molar-refractivity contribution in [2.45, 2.75) is 26.8 Å². The third kappa shape index (κ3) is 4.93. The molecule has 0 aromatic heterocycles. The summed E-state index contributed by atoms with van der Waals surface area (Å²) in [6, 6.07) is -0.714. The highest BCUT2D eigenvalue weighted by atomic mass is 31.1. The largest absolute Gasteiger partial charge is 0.611 e. The van der Waals surface area contributed by atoms with Crippen LogP contribution in [0.2, 0.25) is 0 Å². The van der Waals surface area contributed by atoms with E-state index in [0.29, 0.717) is 0 Å². The Morgan fingerprint density at radius 2 is 2.15 bits per heavy atom. The van der Waals surface area contributed by atoms with Crippen molar-refractivity contribution in [2.75, 3.05) is 6.61 Å². The Kier molecular flexibility index (Phi) is 5.79. The Morgan fingerprint density at radius 1 is 1.62 bits per heavy atom. The number of esters is 1. The molecule has 0 rings (SSSR count). The number of carbonyl (C=O) groups is 1. The molecule has 76 valence electrons. The molecule has 0 bridgehead atoms. The smallest absolute Gasteiger partial charge is 0.465 e. The molecule has 0 aliphatic carbocycles. The predicted molar refractivity (Wildman–Crippen MR) is 48.2 cm³/mol. The SMILES string of the molecule is CCOC(=O)C(N[P+](=O)O)C(C)C. The number of hydrogen-bond donors (Lipinski definition) is 2. The highest BCUT2D eigenvalue weighted by Crippen LogP contribution is 2.13. The van der Waals surface area contributed by atoms with Gasteiger partial charge in [0.2, 0.25) is 0 Å². The summed E-state index contributed by atoms with van der Waals surface area (Å²) in [5.74, 6) is -0.569. The fraction of sp³-hybridized carbons (Fsp3) is 0.857. The molecule has 0 aliphatic rings. The van der Waals surface area contributed by atoms with Crippen molar-refractivity contribution >= 4 is 14.1 Å². The van der Waals surface area contributed by atoms with E-state index in [2.05, 4.69) is 5.09 Å². The van der Waals surface area contributed by atoms with Gasteiger partial charge in [-0.3, -0.25) is 4.79 Å². The van der Waals surface area contributed by atoms with Gasteiger partial charge in [0.25, 0.3) is 0 Å². The van der Waals surface area contributed by atoms with Crippen molar-refractivity contribution in [2.24, 2.45) is 5.92 Å². The zero-order chi connectivity index (χ0) is 10.4. The lowest BCUT2D eigenvalue weighted by molar-refractivity contribution is -0.146. The van der Waals surface area contributed by atoms with Crippen molar-refractivity contribution in [3.8, 4) is 0 Å². The lowest BCUT2D eigenvalue weighted by atomic mass is 10.1. The van der Waals surface area contributed by atoms with Crippen molar-refractivity contribution < 1.29 is 19.0 Å². The normalized spacial score (nSPS) is 14.1. The van der Waals surface area contributed by atoms with Crippen LogP contribution < -0.4 is 5.09 Å². The van der Waals surface area contributed by atoms with Gasteiger partial charge in [-0.2, -0.15) is 0 Å². The zero-order valence-electron chi connectivity index (χ0n) is 7.98. The van der Waals surface area contributed by atoms with E-state index in [1.165, 1.54) is 0 Å². The second-order valence-corrected chi connectivity index (χ2v) is 3.68. The van der Waals surface area contributed by atoms with Crippen molar-refractivity contribution in [3.05, 3.63) is 0 Å². The molecule has 0 aromatic rings. The molecule has 0 saturated carbocycles. The first-order valence-corrected chi connectivity index (χ1v) is 5.29. The fourth-order valence-corrected chi connectivity index (χ4v) is 1.47. The maximum atomic E-state index is 11.2. The highest BCUT2D eigenvalue weighted by Gasteiger charge is 2.30. The van der Waals surface area contributed by atoms with E-state index in [1.807, 2.05) is 0 Å². The van der Waals surface area contributed by atoms with Crippen LogP contribution in [0.4, 0.5) is 0 Å². The summed E-state index contributed by atoms with van der Waals surface area (Å²) in [7, 11) is -2.52. The molecular formula is C7H15NO4P+. The van der Waals surface area contributed by atoms with Gasteiger partial charge >= 0.3 is 14.1 Å². The van der Waals surface area contributed by atoms with Gasteiger partial charge in [-0.1, -0.05) is 18.9 Å². The van der Waals surface area contributed by atoms with E-state index >= 15 is 0 Å². The van der Waals surface area contributed by atoms with Crippen LogP contribution in [0, 0.1) is 5.92 Å². The van der Waals surface area contributed by atoms with E-state index in [9.17, 15) is 9.36 Å². The monoisotopic (exact) mass is 208 g/mol. The first-order chi connectivity index (χ1) is 5.99. The average Bonchev–Trinajstić information content (AvgIpc) is 1.99. The van der Waals surface area contributed by atoms with Crippen LogP contribution in [0.5, 0.6) is 0 Å². The summed E-state index contributed by atoms with van der Waals surface area (Å²) >= 11 is 0. The van der Waals surface area contributed by atoms with E-state index in [0.717, 1.165) is 0 Å². The van der Waals surface area contributed by atoms with Crippen LogP contribution in [-0.4, -0.2) is 23.5 Å². The average molecular weight is 208 g/mol. The number of ether oxygens (including phenoxy) is 1. The van der Waals surface area contributed by atoms with E-state index in [4.69, 9.17) is 9.63 Å². The third-order valence-corrected chi connectivity index (χ3v) is 1.96. The summed E-state index contributed by atoms with van der Waals surface area (Å²) in [6.07, 6.45) is 0. The summed E-state index contributed by atoms with van der Waals surface area (Å²) in [5, 5.41) is 2.25. The van der Waals surface area contributed by atoms with Crippen molar-refractivity contribution in [3.63, 3.8) is 0 Å². The molecule has 0 saturated heterocycles. The minimum absolute atomic E-state index is 0.0786. The molecule has 5 nitrogen and oxygen atoms in total. The Labute approximate surface area is 78.4 Å². The highest BCUT2D eigenvalue weighted by molar-refractivity contribution is 7.35. The fourth-order valence-electron chi connectivity index (χ4n) is 0.825. The maximum absolute atomic E-state index is 11.2. The second kappa shape index (κ2) is 6.02. The Hall–Kier alpha value is -0.510. The number of hydrogen-bond acceptors (Lipinski definition) is 3. The van der Waals surface area contributed by atoms with Crippen LogP contribution >= 0.6 is 8.18 Å². The molecule has 0 aromatic carbocycles. The van der Waals surface area contributed by atoms with Crippen molar-refractivity contribution in [1.82, 2.24) is 5.09 Å². The topological polar surface area (TPSA) is 75.6 Å². The van der Waals surface area contributed by atoms with E-state index in [1.54, 1.807) is 20.8 Å². The molecule has 0 radical (unpaired) electrons. The minimum atomic E-state index is -2.52. The lowest BCUT2D eigenvalue weighted by Crippen LogP contribution is -2.38. The van der Waals surface area contributed by atoms with Gasteiger partial charge < -0.3 is 4.74 Å². The molecule has 0 amide bonds. The van der Waals surface area contributed by atoms with Gasteiger partial charge in [0.15, 0.2) is 6.04 Å². The van der Waals surface area contributed by atoms with Crippen molar-refractivity contribution in [1.29, 1.82) is 0 Å². The number of nitrogens with one attached hydrogen (secondary N) is 1. The Bertz CT molecular complexity index is 195. The summed E-state index contributed by atoms with van der Waals surface area (Å²) in [5.41, 5.74) is 0. The van der Waals surface area contributed by atoms with Crippen LogP contribution in [0.3, 0.4) is 0 Å². The molecule has 2 N–H and O–H groups in total. The maximum Gasteiger partial charge on any atom is 0.611 e. The van der Waals surface area contributed by atoms with E-state index in [-0.39, 0.29) is 12.5 Å². The first kappa shape index (κ1) is 12.5. The van der Waals surface area contributed by atoms with Crippen LogP contribution in [0.25, 0.3) is 0 Å². The first-order valence-electron chi connectivity index (χ1n) is 4.08. The van der Waals surface area contributed by atoms with Gasteiger partial charge in [0.05, 0.1) is 6.61 Å². The summed E-state index contributed by atoms with van der Waals surface area (Å²) in [4.78, 5) is 19.8. The van der Waals surface area contributed by atoms with Gasteiger partial charge in [0, 0.05) is 0 Å². The Morgan fingerprint density at radius 3 is 2.46 bits per heavy atom. The Balaban J connectivity index is 4.24. The lowest BCUT2D eigenvalue weighted by Gasteiger charge is -2.13. The predicted octanol–water partition coefficient (Wildman–Crippen LogP) is 0.813. The minimum Gasteiger partial charge on any atom is -0.465 e. The van der Waals surface area contributed by atoms with Gasteiger partial charge in [-0.15, -0.1) is 4.89 Å². The van der Waals surface area contributed by atoms with Gasteiger partial charge in [-0.25, -0.2) is 0 Å². The molecule has 0 aliphatic heterocycles. The van der Waals surface area contributed by atoms with Gasteiger partial charge in [-0.05, 0) is 17.4 Å². The van der Waals surface area contributed by atoms with Crippen LogP contribution in [0.15, 0.2) is 0 Å². The zero-order valence-corrected chi connectivity index (χ0v) is 8.88. The molecule has 2 unspecified atom stereocenters. The van der Waals surface area contributed by atoms with Crippen LogP contribution in [-0.2, 0) is 14.1 Å². The molecule has 13 heavy (non-hydrogen) atoms. The quantitative estimate of drug-likeness (QED) is 0.516. The molecule has 0 spiro atoms. The molecule has 2 atom stereocenters. The molecular weight excluding hydrogens is 193 g/mol. The van der Waals surface area contributed by atoms with E-state index < -0.39 is 20.2 Å². The standard InChI is InChI=1S/C7H14NO4P/c1-4-12-7(9)6(5(2)3)8-13(10)11/h5-6H,4H2,1-3H3,(H-,8,10,11)/p+1. The van der Waals surface area contributed by atoms with Gasteiger partial charge in [0.1, 0.15) is 0 Å². The molecule has 0 fully saturated rings. The van der Waals surface area contributed by atoms with Crippen LogP contribution in [0.1, 0.15) is 20.8 Å². The third-order valence-electron chi connectivity index (χ3n) is 1.46. The summed E-state index contributed by atoms with van der Waals surface area (Å²) < 4.78 is 15.2. The second-order valence-electron chi connectivity index (χ2n) is 2.88. The molecule has 6 heteroatoms. The molecule has 0 heterocycles.